The Morgan fingerprint density at radius 3 is 2.50 bits per heavy atom. The Balaban J connectivity index is 1.22. The van der Waals surface area contributed by atoms with E-state index in [0.29, 0.717) is 13.1 Å². The highest BCUT2D eigenvalue weighted by Gasteiger charge is 2.21. The van der Waals surface area contributed by atoms with E-state index in [9.17, 15) is 4.79 Å². The lowest BCUT2D eigenvalue weighted by Gasteiger charge is -2.34. The molecule has 2 aliphatic rings. The second kappa shape index (κ2) is 8.94. The van der Waals surface area contributed by atoms with Gasteiger partial charge in [0.15, 0.2) is 0 Å². The van der Waals surface area contributed by atoms with Crippen LogP contribution in [0.25, 0.3) is 11.2 Å². The summed E-state index contributed by atoms with van der Waals surface area (Å²) in [4.78, 5) is 24.5. The number of hydrogen-bond donors (Lipinski definition) is 1. The first kappa shape index (κ1) is 20.4. The van der Waals surface area contributed by atoms with Gasteiger partial charge in [-0.2, -0.15) is 0 Å². The third-order valence-electron chi connectivity index (χ3n) is 5.83. The molecule has 1 saturated heterocycles. The van der Waals surface area contributed by atoms with E-state index < -0.39 is 6.61 Å². The number of ether oxygens (including phenoxy) is 1. The van der Waals surface area contributed by atoms with Crippen molar-refractivity contribution in [3.05, 3.63) is 66.2 Å². The molecule has 0 aliphatic carbocycles. The normalized spacial score (nSPS) is 16.5. The van der Waals surface area contributed by atoms with Crippen LogP contribution >= 0.6 is 0 Å². The molecule has 1 fully saturated rings. The number of aliphatic hydroxyl groups excluding tert-OH is 1. The minimum absolute atomic E-state index is 0.204. The second-order valence-corrected chi connectivity index (χ2v) is 7.99. The van der Waals surface area contributed by atoms with Crippen LogP contribution in [0.2, 0.25) is 0 Å². The van der Waals surface area contributed by atoms with Crippen LogP contribution < -0.4 is 4.74 Å². The smallest absolute Gasteiger partial charge is 0.248 e. The molecular formula is C24H25N5O3. The number of pyridine rings is 1. The Labute approximate surface area is 186 Å². The predicted octanol–water partition coefficient (Wildman–Crippen LogP) is 2.58. The van der Waals surface area contributed by atoms with Crippen molar-refractivity contribution in [3.8, 4) is 11.5 Å². The van der Waals surface area contributed by atoms with Crippen molar-refractivity contribution < 1.29 is 14.6 Å². The lowest BCUT2D eigenvalue weighted by atomic mass is 10.1. The summed E-state index contributed by atoms with van der Waals surface area (Å²) >= 11 is 0. The fourth-order valence-corrected chi connectivity index (χ4v) is 4.06. The Morgan fingerprint density at radius 1 is 1.00 bits per heavy atom. The first-order valence-electron chi connectivity index (χ1n) is 10.8. The topological polar surface area (TPSA) is 82.7 Å². The maximum Gasteiger partial charge on any atom is 0.248 e. The van der Waals surface area contributed by atoms with Crippen molar-refractivity contribution in [2.75, 3.05) is 32.8 Å². The van der Waals surface area contributed by atoms with Gasteiger partial charge in [-0.05, 0) is 35.4 Å². The summed E-state index contributed by atoms with van der Waals surface area (Å²) in [6.07, 6.45) is 8.63. The number of imidazole rings is 1. The van der Waals surface area contributed by atoms with Crippen molar-refractivity contribution in [1.82, 2.24) is 19.2 Å². The van der Waals surface area contributed by atoms with E-state index in [1.807, 2.05) is 53.5 Å². The molecule has 0 unspecified atom stereocenters. The van der Waals surface area contributed by atoms with E-state index >= 15 is 0 Å². The molecule has 1 N–H and O–H groups in total. The third-order valence-corrected chi connectivity index (χ3v) is 5.83. The van der Waals surface area contributed by atoms with E-state index in [1.165, 1.54) is 5.57 Å². The van der Waals surface area contributed by atoms with Gasteiger partial charge in [0.05, 0.1) is 11.9 Å². The number of fused-ring (bicyclic) bond motifs is 1. The first-order chi connectivity index (χ1) is 15.7. The molecule has 0 spiro atoms. The fourth-order valence-electron chi connectivity index (χ4n) is 4.06. The van der Waals surface area contributed by atoms with Crippen LogP contribution in [0.15, 0.2) is 60.0 Å². The van der Waals surface area contributed by atoms with Crippen molar-refractivity contribution in [2.24, 2.45) is 4.99 Å². The van der Waals surface area contributed by atoms with Gasteiger partial charge >= 0.3 is 0 Å². The van der Waals surface area contributed by atoms with Crippen molar-refractivity contribution >= 4 is 23.3 Å². The highest BCUT2D eigenvalue weighted by Crippen LogP contribution is 2.26. The lowest BCUT2D eigenvalue weighted by Crippen LogP contribution is -2.49. The number of aliphatic hydroxyl groups is 1. The molecule has 1 amide bonds. The summed E-state index contributed by atoms with van der Waals surface area (Å²) in [5.41, 5.74) is 4.21. The number of amides is 1. The molecule has 3 aromatic rings. The van der Waals surface area contributed by atoms with E-state index in [4.69, 9.17) is 14.8 Å². The number of carbonyl (C=O) groups is 1. The number of hydrogen-bond acceptors (Lipinski definition) is 6. The number of piperazine rings is 1. The second-order valence-electron chi connectivity index (χ2n) is 7.99. The Bertz CT molecular complexity index is 1170. The SMILES string of the molecule is O=C(CO)N1CCN(Cc2cn3cc(Oc4ccc(C5=CN=CC5)cc4)ccc3n2)CC1. The van der Waals surface area contributed by atoms with E-state index in [1.54, 1.807) is 4.90 Å². The van der Waals surface area contributed by atoms with Crippen molar-refractivity contribution in [1.29, 1.82) is 0 Å². The molecule has 0 radical (unpaired) electrons. The van der Waals surface area contributed by atoms with Gasteiger partial charge in [-0.1, -0.05) is 12.1 Å². The highest BCUT2D eigenvalue weighted by molar-refractivity contribution is 5.84. The third kappa shape index (κ3) is 4.42. The van der Waals surface area contributed by atoms with Crippen LogP contribution in [0.4, 0.5) is 0 Å². The Kier molecular flexibility index (Phi) is 5.70. The monoisotopic (exact) mass is 431 g/mol. The van der Waals surface area contributed by atoms with Crippen molar-refractivity contribution in [3.63, 3.8) is 0 Å². The molecule has 0 bridgehead atoms. The highest BCUT2D eigenvalue weighted by atomic mass is 16.5. The number of rotatable bonds is 6. The van der Waals surface area contributed by atoms with Crippen LogP contribution in [0.5, 0.6) is 11.5 Å². The van der Waals surface area contributed by atoms with Gasteiger partial charge in [-0.15, -0.1) is 0 Å². The zero-order valence-electron chi connectivity index (χ0n) is 17.7. The zero-order valence-corrected chi connectivity index (χ0v) is 17.7. The maximum absolute atomic E-state index is 11.6. The minimum Gasteiger partial charge on any atom is -0.456 e. The standard InChI is InChI=1S/C24H25N5O3/c30-17-24(31)28-11-9-27(10-12-28)14-20-15-29-16-22(5-6-23(29)26-20)32-21-3-1-18(2-4-21)19-7-8-25-13-19/h1-6,8,13,15-16,30H,7,9-12,14,17H2. The molecular weight excluding hydrogens is 406 g/mol. The number of benzene rings is 1. The molecule has 0 atom stereocenters. The van der Waals surface area contributed by atoms with Gasteiger partial charge < -0.3 is 19.1 Å². The quantitative estimate of drug-likeness (QED) is 0.649. The van der Waals surface area contributed by atoms with Gasteiger partial charge in [0.25, 0.3) is 0 Å². The van der Waals surface area contributed by atoms with Crippen LogP contribution in [-0.4, -0.2) is 69.2 Å². The Morgan fingerprint density at radius 2 is 1.78 bits per heavy atom. The predicted molar refractivity (Wildman–Crippen MR) is 122 cm³/mol. The molecule has 0 saturated carbocycles. The maximum atomic E-state index is 11.6. The van der Waals surface area contributed by atoms with Gasteiger partial charge in [0.1, 0.15) is 23.8 Å². The molecule has 32 heavy (non-hydrogen) atoms. The average molecular weight is 431 g/mol. The minimum atomic E-state index is -0.423. The molecule has 2 aromatic heterocycles. The van der Waals surface area contributed by atoms with Crippen LogP contribution in [0.3, 0.4) is 0 Å². The number of aliphatic imine (C=N–C) groups is 1. The molecule has 1 aromatic carbocycles. The summed E-state index contributed by atoms with van der Waals surface area (Å²) in [5.74, 6) is 1.32. The number of carbonyl (C=O) groups excluding carboxylic acids is 1. The van der Waals surface area contributed by atoms with E-state index in [0.717, 1.165) is 54.5 Å². The average Bonchev–Trinajstić information content (AvgIpc) is 3.49. The van der Waals surface area contributed by atoms with Gasteiger partial charge in [0.2, 0.25) is 5.91 Å². The number of aromatic nitrogens is 2. The van der Waals surface area contributed by atoms with Gasteiger partial charge in [-0.3, -0.25) is 14.7 Å². The summed E-state index contributed by atoms with van der Waals surface area (Å²) in [6.45, 7) is 3.11. The van der Waals surface area contributed by atoms with Crippen LogP contribution in [-0.2, 0) is 11.3 Å². The Hall–Kier alpha value is -3.49. The van der Waals surface area contributed by atoms with Gasteiger partial charge in [0, 0.05) is 57.8 Å². The first-order valence-corrected chi connectivity index (χ1v) is 10.8. The largest absolute Gasteiger partial charge is 0.456 e. The molecule has 5 rings (SSSR count). The molecule has 4 heterocycles. The summed E-state index contributed by atoms with van der Waals surface area (Å²) in [7, 11) is 0. The summed E-state index contributed by atoms with van der Waals surface area (Å²) < 4.78 is 8.02. The van der Waals surface area contributed by atoms with Crippen LogP contribution in [0.1, 0.15) is 17.7 Å². The number of nitrogens with zero attached hydrogens (tertiary/aromatic N) is 5. The molecule has 164 valence electrons. The summed E-state index contributed by atoms with van der Waals surface area (Å²) in [5, 5.41) is 9.01. The molecule has 8 nitrogen and oxygen atoms in total. The van der Waals surface area contributed by atoms with E-state index in [2.05, 4.69) is 22.0 Å². The zero-order chi connectivity index (χ0) is 21.9. The van der Waals surface area contributed by atoms with Crippen molar-refractivity contribution in [2.45, 2.75) is 13.0 Å². The summed E-state index contributed by atoms with van der Waals surface area (Å²) in [6, 6.07) is 11.9. The molecule has 2 aliphatic heterocycles. The lowest BCUT2D eigenvalue weighted by molar-refractivity contribution is -0.136. The van der Waals surface area contributed by atoms with Gasteiger partial charge in [-0.25, -0.2) is 4.98 Å². The van der Waals surface area contributed by atoms with E-state index in [-0.39, 0.29) is 5.91 Å². The fraction of sp³-hybridized carbons (Fsp3) is 0.292. The van der Waals surface area contributed by atoms with Crippen LogP contribution in [0, 0.1) is 0 Å². The number of allylic oxidation sites excluding steroid dienone is 1. The molecule has 8 heteroatoms.